The lowest BCUT2D eigenvalue weighted by atomic mass is 9.35. The monoisotopic (exact) mass is 416 g/mol. The van der Waals surface area contributed by atoms with Crippen molar-refractivity contribution >= 4 is 29.2 Å². The molecule has 0 radical (unpaired) electrons. The fourth-order valence-corrected chi connectivity index (χ4v) is 4.10. The van der Waals surface area contributed by atoms with Crippen LogP contribution in [-0.2, 0) is 0 Å². The summed E-state index contributed by atoms with van der Waals surface area (Å²) in [5, 5.41) is 0. The summed E-state index contributed by atoms with van der Waals surface area (Å²) >= 11 is 0. The minimum absolute atomic E-state index is 0.101. The number of rotatable bonds is 6. The molecule has 0 amide bonds. The molecule has 0 N–H and O–H groups in total. The van der Waals surface area contributed by atoms with Crippen molar-refractivity contribution in [2.75, 3.05) is 7.11 Å². The second-order valence-electron chi connectivity index (χ2n) is 8.46. The van der Waals surface area contributed by atoms with Crippen molar-refractivity contribution in [1.29, 1.82) is 0 Å². The normalized spacial score (nSPS) is 11.3. The molecule has 0 fully saturated rings. The third kappa shape index (κ3) is 4.86. The third-order valence-corrected chi connectivity index (χ3v) is 5.97. The van der Waals surface area contributed by atoms with Crippen molar-refractivity contribution in [3.8, 4) is 5.75 Å². The summed E-state index contributed by atoms with van der Waals surface area (Å²) in [6, 6.07) is 34.9. The highest BCUT2D eigenvalue weighted by atomic mass is 16.5. The number of ether oxygens (including phenoxy) is 1. The van der Waals surface area contributed by atoms with E-state index in [0.717, 1.165) is 11.3 Å². The second kappa shape index (κ2) is 9.74. The summed E-state index contributed by atoms with van der Waals surface area (Å²) in [6.45, 7) is 6.50. The average molecular weight is 416 g/mol. The van der Waals surface area contributed by atoms with Gasteiger partial charge in [0, 0.05) is 5.56 Å². The van der Waals surface area contributed by atoms with Crippen molar-refractivity contribution in [3.05, 3.63) is 125 Å². The molecule has 158 valence electrons. The number of hydrogen-bond donors (Lipinski definition) is 0. The van der Waals surface area contributed by atoms with Gasteiger partial charge in [0.05, 0.1) is 7.11 Å². The topological polar surface area (TPSA) is 9.23 Å². The Kier molecular flexibility index (Phi) is 6.61. The van der Waals surface area contributed by atoms with Crippen LogP contribution in [-0.4, -0.2) is 13.8 Å². The molecule has 0 aliphatic rings. The molecular formula is C30H29BO. The molecule has 0 unspecified atom stereocenters. The van der Waals surface area contributed by atoms with Gasteiger partial charge in [0.2, 0.25) is 6.71 Å². The van der Waals surface area contributed by atoms with Gasteiger partial charge in [-0.2, -0.15) is 0 Å². The van der Waals surface area contributed by atoms with Crippen LogP contribution in [0.3, 0.4) is 0 Å². The molecule has 0 atom stereocenters. The summed E-state index contributed by atoms with van der Waals surface area (Å²) < 4.78 is 5.68. The number of aryl methyl sites for hydroxylation is 3. The quantitative estimate of drug-likeness (QED) is 0.276. The Morgan fingerprint density at radius 1 is 0.625 bits per heavy atom. The van der Waals surface area contributed by atoms with E-state index in [1.54, 1.807) is 7.11 Å². The summed E-state index contributed by atoms with van der Waals surface area (Å²) in [7, 11) is 1.73. The van der Waals surface area contributed by atoms with Gasteiger partial charge in [-0.1, -0.05) is 130 Å². The highest BCUT2D eigenvalue weighted by molar-refractivity contribution is 7.00. The van der Waals surface area contributed by atoms with Gasteiger partial charge in [0.15, 0.2) is 0 Å². The van der Waals surface area contributed by atoms with Gasteiger partial charge in [-0.25, -0.2) is 0 Å². The summed E-state index contributed by atoms with van der Waals surface area (Å²) in [4.78, 5) is 0. The van der Waals surface area contributed by atoms with Crippen molar-refractivity contribution in [2.45, 2.75) is 20.8 Å². The number of hydrogen-bond acceptors (Lipinski definition) is 1. The number of benzene rings is 4. The Balaban J connectivity index is 1.97. The van der Waals surface area contributed by atoms with Crippen LogP contribution in [0.1, 0.15) is 27.8 Å². The lowest BCUT2D eigenvalue weighted by molar-refractivity contribution is 0.414. The van der Waals surface area contributed by atoms with E-state index in [2.05, 4.69) is 112 Å². The van der Waals surface area contributed by atoms with Crippen LogP contribution >= 0.6 is 0 Å². The van der Waals surface area contributed by atoms with Crippen molar-refractivity contribution in [1.82, 2.24) is 0 Å². The highest BCUT2D eigenvalue weighted by Gasteiger charge is 2.25. The summed E-state index contributed by atoms with van der Waals surface area (Å²) in [5.74, 6) is 0.878. The SMILES string of the molecule is COc1ccccc1/C=C(\B(c1ccc(C)cc1)c1ccc(C)cc1)c1ccc(C)cc1. The first-order valence-corrected chi connectivity index (χ1v) is 11.1. The van der Waals surface area contributed by atoms with Gasteiger partial charge in [0.25, 0.3) is 0 Å². The van der Waals surface area contributed by atoms with Gasteiger partial charge in [-0.05, 0) is 32.4 Å². The van der Waals surface area contributed by atoms with Gasteiger partial charge in [0.1, 0.15) is 5.75 Å². The van der Waals surface area contributed by atoms with Crippen molar-refractivity contribution < 1.29 is 4.74 Å². The third-order valence-electron chi connectivity index (χ3n) is 5.97. The maximum atomic E-state index is 5.68. The highest BCUT2D eigenvalue weighted by Crippen LogP contribution is 2.27. The molecular weight excluding hydrogens is 387 g/mol. The standard InChI is InChI=1S/C30H29BO/c1-22-9-15-25(16-10-22)29(21-26-7-5-6-8-30(26)32-4)31(27-17-11-23(2)12-18-27)28-19-13-24(3)14-20-28/h5-21H,1-4H3/b29-21-. The largest absolute Gasteiger partial charge is 0.496 e. The molecule has 0 aromatic heterocycles. The first-order chi connectivity index (χ1) is 15.5. The van der Waals surface area contributed by atoms with Crippen LogP contribution < -0.4 is 15.7 Å². The molecule has 32 heavy (non-hydrogen) atoms. The van der Waals surface area contributed by atoms with Gasteiger partial charge in [-0.3, -0.25) is 0 Å². The Hall–Kier alpha value is -3.52. The van der Waals surface area contributed by atoms with Gasteiger partial charge in [-0.15, -0.1) is 0 Å². The summed E-state index contributed by atoms with van der Waals surface area (Å²) in [5.41, 5.74) is 9.89. The van der Waals surface area contributed by atoms with E-state index >= 15 is 0 Å². The van der Waals surface area contributed by atoms with Crippen LogP contribution in [0.2, 0.25) is 0 Å². The molecule has 0 aliphatic carbocycles. The molecule has 0 heterocycles. The number of methoxy groups -OCH3 is 1. The maximum absolute atomic E-state index is 5.68. The lowest BCUT2D eigenvalue weighted by Crippen LogP contribution is -2.43. The van der Waals surface area contributed by atoms with Crippen molar-refractivity contribution in [3.63, 3.8) is 0 Å². The van der Waals surface area contributed by atoms with Crippen LogP contribution in [0.15, 0.2) is 97.1 Å². The zero-order chi connectivity index (χ0) is 22.5. The predicted octanol–water partition coefficient (Wildman–Crippen LogP) is 6.01. The number of para-hydroxylation sites is 1. The van der Waals surface area contributed by atoms with E-state index in [0.29, 0.717) is 0 Å². The smallest absolute Gasteiger partial charge is 0.241 e. The Morgan fingerprint density at radius 3 is 1.59 bits per heavy atom. The van der Waals surface area contributed by atoms with E-state index in [1.165, 1.54) is 38.7 Å². The predicted molar refractivity (Wildman–Crippen MR) is 139 cm³/mol. The van der Waals surface area contributed by atoms with Crippen LogP contribution in [0.25, 0.3) is 11.5 Å². The lowest BCUT2D eigenvalue weighted by Gasteiger charge is -2.21. The van der Waals surface area contributed by atoms with Crippen LogP contribution in [0.4, 0.5) is 0 Å². The second-order valence-corrected chi connectivity index (χ2v) is 8.46. The first-order valence-electron chi connectivity index (χ1n) is 11.1. The Morgan fingerprint density at radius 2 is 1.09 bits per heavy atom. The molecule has 0 saturated heterocycles. The van der Waals surface area contributed by atoms with Crippen molar-refractivity contribution in [2.24, 2.45) is 0 Å². The molecule has 4 rings (SSSR count). The molecule has 0 aliphatic heterocycles. The van der Waals surface area contributed by atoms with Crippen LogP contribution in [0, 0.1) is 20.8 Å². The van der Waals surface area contributed by atoms with Gasteiger partial charge >= 0.3 is 0 Å². The minimum atomic E-state index is 0.101. The minimum Gasteiger partial charge on any atom is -0.496 e. The molecule has 4 aromatic rings. The zero-order valence-electron chi connectivity index (χ0n) is 19.3. The average Bonchev–Trinajstić information content (AvgIpc) is 2.82. The van der Waals surface area contributed by atoms with E-state index in [1.807, 2.05) is 12.1 Å². The molecule has 1 nitrogen and oxygen atoms in total. The van der Waals surface area contributed by atoms with E-state index in [-0.39, 0.29) is 6.71 Å². The van der Waals surface area contributed by atoms with E-state index < -0.39 is 0 Å². The Labute approximate surface area is 192 Å². The fourth-order valence-electron chi connectivity index (χ4n) is 4.10. The first kappa shape index (κ1) is 21.7. The van der Waals surface area contributed by atoms with E-state index in [4.69, 9.17) is 4.74 Å². The maximum Gasteiger partial charge on any atom is 0.241 e. The zero-order valence-corrected chi connectivity index (χ0v) is 19.3. The molecule has 2 heteroatoms. The van der Waals surface area contributed by atoms with Gasteiger partial charge < -0.3 is 4.74 Å². The van der Waals surface area contributed by atoms with E-state index in [9.17, 15) is 0 Å². The fraction of sp³-hybridized carbons (Fsp3) is 0.133. The molecule has 0 bridgehead atoms. The Bertz CT molecular complexity index is 1160. The summed E-state index contributed by atoms with van der Waals surface area (Å²) in [6.07, 6.45) is 2.29. The molecule has 0 spiro atoms. The molecule has 0 saturated carbocycles. The molecule has 4 aromatic carbocycles. The van der Waals surface area contributed by atoms with Crippen LogP contribution in [0.5, 0.6) is 5.75 Å².